The van der Waals surface area contributed by atoms with E-state index < -0.39 is 0 Å². The van der Waals surface area contributed by atoms with Crippen molar-refractivity contribution in [2.24, 2.45) is 0 Å². The van der Waals surface area contributed by atoms with Gasteiger partial charge in [0, 0.05) is 31.8 Å². The maximum Gasteiger partial charge on any atom is 0.0701 e. The zero-order chi connectivity index (χ0) is 12.7. The first kappa shape index (κ1) is 14.9. The fourth-order valence-corrected chi connectivity index (χ4v) is 2.38. The van der Waals surface area contributed by atoms with Crippen LogP contribution in [0.2, 0.25) is 0 Å². The molecule has 1 fully saturated rings. The predicted molar refractivity (Wildman–Crippen MR) is 70.2 cm³/mol. The average molecular weight is 244 g/mol. The van der Waals surface area contributed by atoms with Crippen molar-refractivity contribution < 1.29 is 9.84 Å². The number of aliphatic hydroxyl groups is 1. The fraction of sp³-hybridized carbons (Fsp3) is 1.00. The average Bonchev–Trinajstić information content (AvgIpc) is 2.28. The smallest absolute Gasteiger partial charge is 0.0701 e. The van der Waals surface area contributed by atoms with Crippen molar-refractivity contribution in [2.45, 2.75) is 51.3 Å². The molecule has 0 saturated carbocycles. The Morgan fingerprint density at radius 3 is 2.71 bits per heavy atom. The number of ether oxygens (including phenoxy) is 1. The number of nitrogens with zero attached hydrogens (tertiary/aromatic N) is 1. The summed E-state index contributed by atoms with van der Waals surface area (Å²) in [6, 6.07) is 0.565. The lowest BCUT2D eigenvalue weighted by atomic mass is 10.1. The Morgan fingerprint density at radius 1 is 1.41 bits per heavy atom. The van der Waals surface area contributed by atoms with Crippen molar-refractivity contribution in [1.82, 2.24) is 10.2 Å². The van der Waals surface area contributed by atoms with Crippen LogP contribution >= 0.6 is 0 Å². The van der Waals surface area contributed by atoms with Gasteiger partial charge in [-0.15, -0.1) is 0 Å². The van der Waals surface area contributed by atoms with Crippen molar-refractivity contribution in [1.29, 1.82) is 0 Å². The molecule has 0 aromatic carbocycles. The van der Waals surface area contributed by atoms with E-state index >= 15 is 0 Å². The summed E-state index contributed by atoms with van der Waals surface area (Å²) in [4.78, 5) is 2.26. The summed E-state index contributed by atoms with van der Waals surface area (Å²) in [5.74, 6) is 0. The molecule has 102 valence electrons. The van der Waals surface area contributed by atoms with E-state index in [9.17, 15) is 5.11 Å². The number of aliphatic hydroxyl groups excluding tert-OH is 1. The number of nitrogens with one attached hydrogen (secondary N) is 1. The van der Waals surface area contributed by atoms with Crippen molar-refractivity contribution in [3.63, 3.8) is 0 Å². The van der Waals surface area contributed by atoms with Gasteiger partial charge < -0.3 is 20.1 Å². The SMILES string of the molecule is CC(C)NC(CO)CN(C)CC1CCCCO1. The lowest BCUT2D eigenvalue weighted by Gasteiger charge is -2.30. The first-order chi connectivity index (χ1) is 8.11. The van der Waals surface area contributed by atoms with Crippen LogP contribution in [0, 0.1) is 0 Å². The Morgan fingerprint density at radius 2 is 2.18 bits per heavy atom. The molecule has 1 aliphatic heterocycles. The molecule has 0 aromatic rings. The molecule has 17 heavy (non-hydrogen) atoms. The fourth-order valence-electron chi connectivity index (χ4n) is 2.38. The van der Waals surface area contributed by atoms with Gasteiger partial charge in [-0.25, -0.2) is 0 Å². The quantitative estimate of drug-likeness (QED) is 0.697. The maximum atomic E-state index is 9.31. The van der Waals surface area contributed by atoms with Crippen molar-refractivity contribution in [3.05, 3.63) is 0 Å². The van der Waals surface area contributed by atoms with Gasteiger partial charge in [-0.2, -0.15) is 0 Å². The molecule has 0 amide bonds. The highest BCUT2D eigenvalue weighted by molar-refractivity contribution is 4.74. The number of hydrogen-bond acceptors (Lipinski definition) is 4. The molecule has 4 heteroatoms. The van der Waals surface area contributed by atoms with E-state index in [1.165, 1.54) is 19.3 Å². The molecule has 2 atom stereocenters. The van der Waals surface area contributed by atoms with Gasteiger partial charge >= 0.3 is 0 Å². The highest BCUT2D eigenvalue weighted by Crippen LogP contribution is 2.13. The van der Waals surface area contributed by atoms with Crippen LogP contribution in [0.4, 0.5) is 0 Å². The van der Waals surface area contributed by atoms with Crippen LogP contribution in [0.15, 0.2) is 0 Å². The van der Waals surface area contributed by atoms with Crippen LogP contribution in [0.5, 0.6) is 0 Å². The first-order valence-electron chi connectivity index (χ1n) is 6.79. The third-order valence-corrected chi connectivity index (χ3v) is 3.11. The van der Waals surface area contributed by atoms with Crippen molar-refractivity contribution >= 4 is 0 Å². The zero-order valence-electron chi connectivity index (χ0n) is 11.5. The Kier molecular flexibility index (Phi) is 7.04. The van der Waals surface area contributed by atoms with Crippen LogP contribution < -0.4 is 5.32 Å². The summed E-state index contributed by atoms with van der Waals surface area (Å²) in [6.45, 7) is 7.14. The standard InChI is InChI=1S/C13H28N2O2/c1-11(2)14-12(10-16)8-15(3)9-13-6-4-5-7-17-13/h11-14,16H,4-10H2,1-3H3. The van der Waals surface area contributed by atoms with Crippen LogP contribution in [0.25, 0.3) is 0 Å². The highest BCUT2D eigenvalue weighted by Gasteiger charge is 2.18. The summed E-state index contributed by atoms with van der Waals surface area (Å²) in [7, 11) is 2.10. The molecule has 1 aliphatic rings. The van der Waals surface area contributed by atoms with E-state index in [1.807, 2.05) is 0 Å². The Labute approximate surface area is 105 Å². The molecule has 2 unspecified atom stereocenters. The second-order valence-corrected chi connectivity index (χ2v) is 5.41. The molecule has 1 heterocycles. The molecular weight excluding hydrogens is 216 g/mol. The molecular formula is C13H28N2O2. The van der Waals surface area contributed by atoms with Crippen molar-refractivity contribution in [3.8, 4) is 0 Å². The van der Waals surface area contributed by atoms with Crippen LogP contribution in [-0.2, 0) is 4.74 Å². The van der Waals surface area contributed by atoms with E-state index in [0.29, 0.717) is 12.1 Å². The van der Waals surface area contributed by atoms with Crippen molar-refractivity contribution in [2.75, 3.05) is 33.4 Å². The van der Waals surface area contributed by atoms with E-state index in [-0.39, 0.29) is 12.6 Å². The Balaban J connectivity index is 2.23. The largest absolute Gasteiger partial charge is 0.395 e. The summed E-state index contributed by atoms with van der Waals surface area (Å²) in [5, 5.41) is 12.7. The van der Waals surface area contributed by atoms with Gasteiger partial charge in [0.05, 0.1) is 12.7 Å². The zero-order valence-corrected chi connectivity index (χ0v) is 11.5. The molecule has 0 spiro atoms. The van der Waals surface area contributed by atoms with Crippen LogP contribution in [0.1, 0.15) is 33.1 Å². The van der Waals surface area contributed by atoms with Crippen LogP contribution in [-0.4, -0.2) is 61.5 Å². The highest BCUT2D eigenvalue weighted by atomic mass is 16.5. The minimum atomic E-state index is 0.156. The molecule has 0 aromatic heterocycles. The van der Waals surface area contributed by atoms with Gasteiger partial charge in [-0.05, 0) is 26.3 Å². The first-order valence-corrected chi connectivity index (χ1v) is 6.79. The molecule has 0 aliphatic carbocycles. The number of rotatable bonds is 7. The summed E-state index contributed by atoms with van der Waals surface area (Å²) in [6.07, 6.45) is 4.04. The third-order valence-electron chi connectivity index (χ3n) is 3.11. The van der Waals surface area contributed by atoms with Gasteiger partial charge in [-0.3, -0.25) is 0 Å². The molecule has 0 bridgehead atoms. The van der Waals surface area contributed by atoms with E-state index in [2.05, 4.69) is 31.1 Å². The molecule has 2 N–H and O–H groups in total. The maximum absolute atomic E-state index is 9.31. The van der Waals surface area contributed by atoms with Gasteiger partial charge in [0.25, 0.3) is 0 Å². The number of likely N-dealkylation sites (N-methyl/N-ethyl adjacent to an activating group) is 1. The molecule has 4 nitrogen and oxygen atoms in total. The minimum Gasteiger partial charge on any atom is -0.395 e. The van der Waals surface area contributed by atoms with E-state index in [0.717, 1.165) is 19.7 Å². The molecule has 1 rings (SSSR count). The third kappa shape index (κ3) is 6.36. The van der Waals surface area contributed by atoms with Gasteiger partial charge in [-0.1, -0.05) is 13.8 Å². The summed E-state index contributed by atoms with van der Waals surface area (Å²) < 4.78 is 5.72. The second kappa shape index (κ2) is 8.03. The molecule has 1 saturated heterocycles. The lowest BCUT2D eigenvalue weighted by Crippen LogP contribution is -2.46. The second-order valence-electron chi connectivity index (χ2n) is 5.41. The normalized spacial score (nSPS) is 23.3. The Bertz CT molecular complexity index is 194. The topological polar surface area (TPSA) is 44.7 Å². The van der Waals surface area contributed by atoms with E-state index in [1.54, 1.807) is 0 Å². The van der Waals surface area contributed by atoms with Gasteiger partial charge in [0.1, 0.15) is 0 Å². The molecule has 0 radical (unpaired) electrons. The van der Waals surface area contributed by atoms with Crippen LogP contribution in [0.3, 0.4) is 0 Å². The van der Waals surface area contributed by atoms with E-state index in [4.69, 9.17) is 4.74 Å². The predicted octanol–water partition coefficient (Wildman–Crippen LogP) is 0.846. The monoisotopic (exact) mass is 244 g/mol. The summed E-state index contributed by atoms with van der Waals surface area (Å²) >= 11 is 0. The lowest BCUT2D eigenvalue weighted by molar-refractivity contribution is -0.00362. The Hall–Kier alpha value is -0.160. The van der Waals surface area contributed by atoms with Gasteiger partial charge in [0.2, 0.25) is 0 Å². The van der Waals surface area contributed by atoms with Gasteiger partial charge in [0.15, 0.2) is 0 Å². The number of hydrogen-bond donors (Lipinski definition) is 2. The minimum absolute atomic E-state index is 0.156. The summed E-state index contributed by atoms with van der Waals surface area (Å²) in [5.41, 5.74) is 0.